The van der Waals surface area contributed by atoms with Gasteiger partial charge in [0.2, 0.25) is 6.79 Å². The Morgan fingerprint density at radius 2 is 1.78 bits per heavy atom. The highest BCUT2D eigenvalue weighted by Gasteiger charge is 2.34. The number of pyridine rings is 1. The average Bonchev–Trinajstić information content (AvgIpc) is 3.65. The van der Waals surface area contributed by atoms with Crippen LogP contribution < -0.4 is 19.9 Å². The quantitative estimate of drug-likeness (QED) is 0.413. The molecule has 5 aromatic rings. The van der Waals surface area contributed by atoms with Crippen molar-refractivity contribution < 1.29 is 9.47 Å². The predicted molar refractivity (Wildman–Crippen MR) is 133 cm³/mol. The summed E-state index contributed by atoms with van der Waals surface area (Å²) in [5.41, 5.74) is 4.48. The van der Waals surface area contributed by atoms with E-state index in [1.54, 1.807) is 4.68 Å². The molecule has 0 radical (unpaired) electrons. The van der Waals surface area contributed by atoms with Gasteiger partial charge in [-0.25, -0.2) is 4.68 Å². The standard InChI is InChI=1S/C27H22N6O3/c34-27-20(12-19-13-23-24(36-16-35-23)14-21(19)28-27)25(32-11-10-18-8-4-5-9-22(18)32)26-29-30-31-33(26)15-17-6-2-1-3-7-17/h1-9,12-14,25H,10-11,15-16H2,(H,28,34)/t25-/m0/s1. The Bertz CT molecular complexity index is 1640. The number of aromatic amines is 1. The van der Waals surface area contributed by atoms with E-state index in [9.17, 15) is 4.79 Å². The van der Waals surface area contributed by atoms with E-state index >= 15 is 0 Å². The van der Waals surface area contributed by atoms with Crippen LogP contribution in [0.25, 0.3) is 10.9 Å². The zero-order valence-corrected chi connectivity index (χ0v) is 19.3. The van der Waals surface area contributed by atoms with Crippen molar-refractivity contribution >= 4 is 16.6 Å². The molecular weight excluding hydrogens is 456 g/mol. The number of fused-ring (bicyclic) bond motifs is 3. The number of para-hydroxylation sites is 1. The van der Waals surface area contributed by atoms with Gasteiger partial charge in [-0.1, -0.05) is 48.5 Å². The Labute approximate surface area is 205 Å². The molecule has 0 aliphatic carbocycles. The molecule has 3 aromatic carbocycles. The number of anilines is 1. The van der Waals surface area contributed by atoms with Crippen LogP contribution in [0.3, 0.4) is 0 Å². The molecule has 9 heteroatoms. The molecule has 4 heterocycles. The van der Waals surface area contributed by atoms with Crippen molar-refractivity contribution in [2.24, 2.45) is 0 Å². The number of hydrogen-bond acceptors (Lipinski definition) is 7. The van der Waals surface area contributed by atoms with Crippen LogP contribution in [0.15, 0.2) is 77.6 Å². The van der Waals surface area contributed by atoms with Crippen molar-refractivity contribution in [3.05, 3.63) is 106 Å². The zero-order chi connectivity index (χ0) is 24.1. The van der Waals surface area contributed by atoms with Crippen LogP contribution in [0.5, 0.6) is 11.5 Å². The Morgan fingerprint density at radius 1 is 0.972 bits per heavy atom. The van der Waals surface area contributed by atoms with E-state index in [-0.39, 0.29) is 12.4 Å². The summed E-state index contributed by atoms with van der Waals surface area (Å²) in [6.45, 7) is 1.42. The first kappa shape index (κ1) is 20.7. The molecule has 0 amide bonds. The van der Waals surface area contributed by atoms with E-state index in [0.717, 1.165) is 29.6 Å². The van der Waals surface area contributed by atoms with Gasteiger partial charge in [0, 0.05) is 29.2 Å². The second-order valence-electron chi connectivity index (χ2n) is 9.00. The summed E-state index contributed by atoms with van der Waals surface area (Å²) in [6, 6.07) is 23.5. The summed E-state index contributed by atoms with van der Waals surface area (Å²) in [4.78, 5) is 18.9. The molecule has 7 rings (SSSR count). The fourth-order valence-corrected chi connectivity index (χ4v) is 5.17. The van der Waals surface area contributed by atoms with Gasteiger partial charge >= 0.3 is 0 Å². The number of H-pyrrole nitrogens is 1. The van der Waals surface area contributed by atoms with Crippen LogP contribution >= 0.6 is 0 Å². The summed E-state index contributed by atoms with van der Waals surface area (Å²) in [5, 5.41) is 13.6. The smallest absolute Gasteiger partial charge is 0.254 e. The van der Waals surface area contributed by atoms with Gasteiger partial charge in [-0.2, -0.15) is 0 Å². The molecule has 36 heavy (non-hydrogen) atoms. The van der Waals surface area contributed by atoms with Crippen LogP contribution in [0.1, 0.15) is 28.6 Å². The Balaban J connectivity index is 1.40. The molecule has 2 aliphatic rings. The normalized spacial score (nSPS) is 14.8. The number of nitrogens with zero attached hydrogens (tertiary/aromatic N) is 5. The van der Waals surface area contributed by atoms with E-state index in [0.29, 0.717) is 34.9 Å². The molecule has 0 unspecified atom stereocenters. The average molecular weight is 479 g/mol. The van der Waals surface area contributed by atoms with Crippen LogP contribution in [0.4, 0.5) is 5.69 Å². The molecule has 2 aromatic heterocycles. The van der Waals surface area contributed by atoms with Gasteiger partial charge in [0.05, 0.1) is 12.1 Å². The second kappa shape index (κ2) is 8.23. The van der Waals surface area contributed by atoms with E-state index in [1.807, 2.05) is 60.7 Å². The summed E-state index contributed by atoms with van der Waals surface area (Å²) in [5.74, 6) is 1.90. The van der Waals surface area contributed by atoms with Gasteiger partial charge in [-0.3, -0.25) is 4.79 Å². The lowest BCUT2D eigenvalue weighted by Gasteiger charge is -2.29. The van der Waals surface area contributed by atoms with Crippen LogP contribution in [-0.4, -0.2) is 38.5 Å². The molecule has 0 fully saturated rings. The maximum Gasteiger partial charge on any atom is 0.254 e. The maximum absolute atomic E-state index is 13.6. The van der Waals surface area contributed by atoms with Crippen molar-refractivity contribution in [1.82, 2.24) is 25.2 Å². The van der Waals surface area contributed by atoms with Gasteiger partial charge in [-0.15, -0.1) is 5.10 Å². The van der Waals surface area contributed by atoms with Gasteiger partial charge < -0.3 is 19.4 Å². The molecule has 0 saturated heterocycles. The first-order chi connectivity index (χ1) is 17.7. The third kappa shape index (κ3) is 3.39. The topological polar surface area (TPSA) is 98.2 Å². The lowest BCUT2D eigenvalue weighted by Crippen LogP contribution is -2.34. The largest absolute Gasteiger partial charge is 0.454 e. The molecule has 0 saturated carbocycles. The molecular formula is C27H22N6O3. The number of hydrogen-bond donors (Lipinski definition) is 1. The summed E-state index contributed by atoms with van der Waals surface area (Å²) in [7, 11) is 0. The highest BCUT2D eigenvalue weighted by Crippen LogP contribution is 2.39. The highest BCUT2D eigenvalue weighted by molar-refractivity contribution is 5.83. The second-order valence-corrected chi connectivity index (χ2v) is 9.00. The minimum absolute atomic E-state index is 0.171. The number of tetrazole rings is 1. The minimum Gasteiger partial charge on any atom is -0.454 e. The van der Waals surface area contributed by atoms with Crippen molar-refractivity contribution in [3.8, 4) is 11.5 Å². The van der Waals surface area contributed by atoms with Crippen molar-refractivity contribution in [2.45, 2.75) is 19.0 Å². The minimum atomic E-state index is -0.481. The molecule has 2 aliphatic heterocycles. The third-order valence-electron chi connectivity index (χ3n) is 6.87. The molecule has 1 atom stereocenters. The van der Waals surface area contributed by atoms with E-state index in [1.165, 1.54) is 5.56 Å². The Morgan fingerprint density at radius 3 is 2.67 bits per heavy atom. The first-order valence-electron chi connectivity index (χ1n) is 11.9. The van der Waals surface area contributed by atoms with Crippen LogP contribution in [0.2, 0.25) is 0 Å². The molecule has 0 spiro atoms. The summed E-state index contributed by atoms with van der Waals surface area (Å²) in [6.07, 6.45) is 0.886. The molecule has 0 bridgehead atoms. The Kier molecular flexibility index (Phi) is 4.73. The van der Waals surface area contributed by atoms with E-state index < -0.39 is 6.04 Å². The first-order valence-corrected chi connectivity index (χ1v) is 11.9. The van der Waals surface area contributed by atoms with E-state index in [2.05, 4.69) is 37.5 Å². The number of benzene rings is 3. The van der Waals surface area contributed by atoms with Gasteiger partial charge in [0.25, 0.3) is 5.56 Å². The third-order valence-corrected chi connectivity index (χ3v) is 6.87. The maximum atomic E-state index is 13.6. The van der Waals surface area contributed by atoms with Crippen LogP contribution in [0, 0.1) is 0 Å². The van der Waals surface area contributed by atoms with Crippen molar-refractivity contribution in [2.75, 3.05) is 18.2 Å². The fourth-order valence-electron chi connectivity index (χ4n) is 5.17. The van der Waals surface area contributed by atoms with Crippen molar-refractivity contribution in [1.29, 1.82) is 0 Å². The zero-order valence-electron chi connectivity index (χ0n) is 19.3. The molecule has 9 nitrogen and oxygen atoms in total. The number of nitrogens with one attached hydrogen (secondary N) is 1. The molecule has 1 N–H and O–H groups in total. The fraction of sp³-hybridized carbons (Fsp3) is 0.185. The SMILES string of the molecule is O=c1[nH]c2cc3c(cc2cc1[C@@H](c1nnnn1Cc1ccccc1)N1CCc2ccccc21)OCO3. The lowest BCUT2D eigenvalue weighted by molar-refractivity contribution is 0.174. The monoisotopic (exact) mass is 478 g/mol. The number of rotatable bonds is 5. The number of aromatic nitrogens is 5. The van der Waals surface area contributed by atoms with Crippen LogP contribution in [-0.2, 0) is 13.0 Å². The van der Waals surface area contributed by atoms with Gasteiger partial charge in [-0.05, 0) is 46.2 Å². The highest BCUT2D eigenvalue weighted by atomic mass is 16.7. The Hall–Kier alpha value is -4.66. The van der Waals surface area contributed by atoms with Gasteiger partial charge in [0.1, 0.15) is 6.04 Å². The summed E-state index contributed by atoms with van der Waals surface area (Å²) < 4.78 is 12.9. The predicted octanol–water partition coefficient (Wildman–Crippen LogP) is 3.44. The lowest BCUT2D eigenvalue weighted by atomic mass is 10.0. The number of ether oxygens (including phenoxy) is 2. The van der Waals surface area contributed by atoms with E-state index in [4.69, 9.17) is 9.47 Å². The molecule has 178 valence electrons. The van der Waals surface area contributed by atoms with Crippen molar-refractivity contribution in [3.63, 3.8) is 0 Å². The summed E-state index contributed by atoms with van der Waals surface area (Å²) >= 11 is 0. The van der Waals surface area contributed by atoms with Gasteiger partial charge in [0.15, 0.2) is 17.3 Å².